The van der Waals surface area contributed by atoms with Gasteiger partial charge in [-0.1, -0.05) is 42.5 Å². The molecule has 0 spiro atoms. The summed E-state index contributed by atoms with van der Waals surface area (Å²) in [5, 5.41) is 0.782. The standard InChI is InChI=1S/C24H18O5/c1-15(25)28-18-10-8-17(9-11-18)22-20-13-12-19(27-2)14-21(20)29-24(26)23(22)16-6-4-3-5-7-16/h3-14H,1-2H3. The first-order valence-corrected chi connectivity index (χ1v) is 9.06. The van der Waals surface area contributed by atoms with E-state index in [1.807, 2.05) is 54.6 Å². The Kier molecular flexibility index (Phi) is 4.87. The average Bonchev–Trinajstić information content (AvgIpc) is 2.73. The fraction of sp³-hybridized carbons (Fsp3) is 0.0833. The van der Waals surface area contributed by atoms with E-state index in [2.05, 4.69) is 0 Å². The van der Waals surface area contributed by atoms with Gasteiger partial charge in [0.25, 0.3) is 0 Å². The van der Waals surface area contributed by atoms with Gasteiger partial charge in [0.1, 0.15) is 17.1 Å². The summed E-state index contributed by atoms with van der Waals surface area (Å²) in [7, 11) is 1.56. The van der Waals surface area contributed by atoms with Crippen LogP contribution in [-0.4, -0.2) is 13.1 Å². The summed E-state index contributed by atoms with van der Waals surface area (Å²) in [5.41, 5.74) is 2.80. The van der Waals surface area contributed by atoms with Gasteiger partial charge < -0.3 is 13.9 Å². The molecule has 144 valence electrons. The quantitative estimate of drug-likeness (QED) is 0.279. The summed E-state index contributed by atoms with van der Waals surface area (Å²) < 4.78 is 16.0. The molecule has 4 rings (SSSR count). The molecule has 0 aliphatic carbocycles. The summed E-state index contributed by atoms with van der Waals surface area (Å²) in [4.78, 5) is 24.2. The zero-order valence-corrected chi connectivity index (χ0v) is 16.0. The van der Waals surface area contributed by atoms with E-state index in [0.717, 1.165) is 22.1 Å². The van der Waals surface area contributed by atoms with Crippen LogP contribution in [0.5, 0.6) is 11.5 Å². The van der Waals surface area contributed by atoms with Gasteiger partial charge in [-0.05, 0) is 35.4 Å². The van der Waals surface area contributed by atoms with Crippen LogP contribution in [0, 0.1) is 0 Å². The van der Waals surface area contributed by atoms with Crippen molar-refractivity contribution in [1.82, 2.24) is 0 Å². The monoisotopic (exact) mass is 386 g/mol. The minimum Gasteiger partial charge on any atom is -0.497 e. The molecular weight excluding hydrogens is 368 g/mol. The van der Waals surface area contributed by atoms with E-state index in [9.17, 15) is 9.59 Å². The number of fused-ring (bicyclic) bond motifs is 1. The Morgan fingerprint density at radius 3 is 2.14 bits per heavy atom. The molecule has 0 atom stereocenters. The SMILES string of the molecule is COc1ccc2c(-c3ccc(OC(C)=O)cc3)c(-c3ccccc3)c(=O)oc2c1. The van der Waals surface area contributed by atoms with Crippen molar-refractivity contribution >= 4 is 16.9 Å². The van der Waals surface area contributed by atoms with E-state index >= 15 is 0 Å². The Morgan fingerprint density at radius 1 is 0.828 bits per heavy atom. The summed E-state index contributed by atoms with van der Waals surface area (Å²) in [6.07, 6.45) is 0. The molecule has 0 saturated heterocycles. The van der Waals surface area contributed by atoms with Crippen molar-refractivity contribution in [2.45, 2.75) is 6.92 Å². The van der Waals surface area contributed by atoms with Gasteiger partial charge >= 0.3 is 11.6 Å². The molecule has 0 aliphatic rings. The van der Waals surface area contributed by atoms with E-state index < -0.39 is 5.63 Å². The summed E-state index contributed by atoms with van der Waals surface area (Å²) in [6.45, 7) is 1.35. The molecule has 0 N–H and O–H groups in total. The van der Waals surface area contributed by atoms with Crippen LogP contribution in [0.2, 0.25) is 0 Å². The van der Waals surface area contributed by atoms with Crippen molar-refractivity contribution in [2.24, 2.45) is 0 Å². The Labute approximate surface area is 167 Å². The van der Waals surface area contributed by atoms with Gasteiger partial charge in [0.15, 0.2) is 0 Å². The van der Waals surface area contributed by atoms with Gasteiger partial charge in [0.2, 0.25) is 0 Å². The summed E-state index contributed by atoms with van der Waals surface area (Å²) in [5.74, 6) is 0.654. The van der Waals surface area contributed by atoms with Crippen molar-refractivity contribution < 1.29 is 18.7 Å². The smallest absolute Gasteiger partial charge is 0.344 e. The number of rotatable bonds is 4. The van der Waals surface area contributed by atoms with Crippen LogP contribution < -0.4 is 15.1 Å². The Morgan fingerprint density at radius 2 is 1.48 bits per heavy atom. The van der Waals surface area contributed by atoms with Crippen LogP contribution in [-0.2, 0) is 4.79 Å². The van der Waals surface area contributed by atoms with Gasteiger partial charge in [0.05, 0.1) is 12.7 Å². The van der Waals surface area contributed by atoms with E-state index in [0.29, 0.717) is 22.6 Å². The molecule has 4 aromatic rings. The van der Waals surface area contributed by atoms with Crippen LogP contribution in [0.4, 0.5) is 0 Å². The minimum absolute atomic E-state index is 0.388. The fourth-order valence-corrected chi connectivity index (χ4v) is 3.33. The maximum Gasteiger partial charge on any atom is 0.344 e. The van der Waals surface area contributed by atoms with Gasteiger partial charge in [-0.25, -0.2) is 4.79 Å². The number of methoxy groups -OCH3 is 1. The molecule has 29 heavy (non-hydrogen) atoms. The van der Waals surface area contributed by atoms with E-state index in [1.54, 1.807) is 25.3 Å². The van der Waals surface area contributed by atoms with Crippen LogP contribution in [0.3, 0.4) is 0 Å². The molecule has 5 nitrogen and oxygen atoms in total. The van der Waals surface area contributed by atoms with E-state index in [1.165, 1.54) is 6.92 Å². The highest BCUT2D eigenvalue weighted by Crippen LogP contribution is 2.37. The molecule has 0 saturated carbocycles. The van der Waals surface area contributed by atoms with Gasteiger partial charge in [-0.3, -0.25) is 4.79 Å². The third-order valence-electron chi connectivity index (χ3n) is 4.58. The predicted octanol–water partition coefficient (Wildman–Crippen LogP) is 5.06. The first-order chi connectivity index (χ1) is 14.1. The third-order valence-corrected chi connectivity index (χ3v) is 4.58. The molecule has 1 heterocycles. The van der Waals surface area contributed by atoms with Crippen LogP contribution in [0.25, 0.3) is 33.2 Å². The number of carbonyl (C=O) groups excluding carboxylic acids is 1. The lowest BCUT2D eigenvalue weighted by Gasteiger charge is -2.13. The van der Waals surface area contributed by atoms with Crippen LogP contribution in [0.15, 0.2) is 82.0 Å². The molecule has 0 fully saturated rings. The average molecular weight is 386 g/mol. The zero-order chi connectivity index (χ0) is 20.4. The van der Waals surface area contributed by atoms with E-state index in [-0.39, 0.29) is 5.97 Å². The van der Waals surface area contributed by atoms with Gasteiger partial charge in [0, 0.05) is 23.9 Å². The highest BCUT2D eigenvalue weighted by Gasteiger charge is 2.18. The molecule has 0 aliphatic heterocycles. The lowest BCUT2D eigenvalue weighted by Crippen LogP contribution is -2.06. The second-order valence-electron chi connectivity index (χ2n) is 6.49. The van der Waals surface area contributed by atoms with Gasteiger partial charge in [-0.15, -0.1) is 0 Å². The number of carbonyl (C=O) groups is 1. The Bertz CT molecular complexity index is 1240. The molecular formula is C24H18O5. The van der Waals surface area contributed by atoms with E-state index in [4.69, 9.17) is 13.9 Å². The van der Waals surface area contributed by atoms with Crippen molar-refractivity contribution in [3.63, 3.8) is 0 Å². The molecule has 0 bridgehead atoms. The van der Waals surface area contributed by atoms with Crippen molar-refractivity contribution in [1.29, 1.82) is 0 Å². The number of hydrogen-bond acceptors (Lipinski definition) is 5. The Balaban J connectivity index is 2.01. The first-order valence-electron chi connectivity index (χ1n) is 9.06. The predicted molar refractivity (Wildman–Crippen MR) is 111 cm³/mol. The number of benzene rings is 3. The molecule has 0 radical (unpaired) electrons. The van der Waals surface area contributed by atoms with Gasteiger partial charge in [-0.2, -0.15) is 0 Å². The molecule has 1 aromatic heterocycles. The molecule has 0 unspecified atom stereocenters. The number of ether oxygens (including phenoxy) is 2. The second-order valence-corrected chi connectivity index (χ2v) is 6.49. The maximum absolute atomic E-state index is 13.0. The topological polar surface area (TPSA) is 65.7 Å². The molecule has 5 heteroatoms. The zero-order valence-electron chi connectivity index (χ0n) is 16.0. The number of esters is 1. The van der Waals surface area contributed by atoms with Crippen molar-refractivity contribution in [2.75, 3.05) is 7.11 Å². The minimum atomic E-state index is -0.434. The largest absolute Gasteiger partial charge is 0.497 e. The lowest BCUT2D eigenvalue weighted by atomic mass is 9.93. The first kappa shape index (κ1) is 18.5. The van der Waals surface area contributed by atoms with Crippen molar-refractivity contribution in [3.8, 4) is 33.8 Å². The highest BCUT2D eigenvalue weighted by molar-refractivity contribution is 6.01. The Hall–Kier alpha value is -3.86. The fourth-order valence-electron chi connectivity index (χ4n) is 3.33. The highest BCUT2D eigenvalue weighted by atomic mass is 16.5. The maximum atomic E-state index is 13.0. The molecule has 3 aromatic carbocycles. The van der Waals surface area contributed by atoms with Crippen molar-refractivity contribution in [3.05, 3.63) is 83.2 Å². The normalized spacial score (nSPS) is 10.7. The summed E-state index contributed by atoms with van der Waals surface area (Å²) in [6, 6.07) is 21.8. The lowest BCUT2D eigenvalue weighted by molar-refractivity contribution is -0.131. The second kappa shape index (κ2) is 7.64. The van der Waals surface area contributed by atoms with Crippen LogP contribution >= 0.6 is 0 Å². The van der Waals surface area contributed by atoms with Crippen LogP contribution in [0.1, 0.15) is 6.92 Å². The number of hydrogen-bond donors (Lipinski definition) is 0. The summed E-state index contributed by atoms with van der Waals surface area (Å²) >= 11 is 0. The third kappa shape index (κ3) is 3.62. The molecule has 0 amide bonds.